The molecule has 0 bridgehead atoms. The molecular formula is C9H13ClN4O3S. The van der Waals surface area contributed by atoms with Crippen LogP contribution in [-0.2, 0) is 4.74 Å². The van der Waals surface area contributed by atoms with Gasteiger partial charge >= 0.3 is 0 Å². The van der Waals surface area contributed by atoms with Crippen LogP contribution in [0.3, 0.4) is 0 Å². The molecule has 0 saturated carbocycles. The molecule has 1 atom stereocenters. The van der Waals surface area contributed by atoms with Gasteiger partial charge in [0.15, 0.2) is 10.3 Å². The van der Waals surface area contributed by atoms with Crippen LogP contribution in [0.4, 0.5) is 0 Å². The summed E-state index contributed by atoms with van der Waals surface area (Å²) in [6, 6.07) is 0. The SMILES string of the molecule is CN1COCN(CC2CN=C(Cl)S2)/C1=C/[N+](=O)[O-]. The molecule has 18 heavy (non-hydrogen) atoms. The van der Waals surface area contributed by atoms with Gasteiger partial charge < -0.3 is 14.5 Å². The van der Waals surface area contributed by atoms with Crippen molar-refractivity contribution in [3.63, 3.8) is 0 Å². The van der Waals surface area contributed by atoms with Crippen LogP contribution in [0.5, 0.6) is 0 Å². The number of aliphatic imine (C=N–C) groups is 1. The molecule has 0 amide bonds. The van der Waals surface area contributed by atoms with Gasteiger partial charge in [-0.2, -0.15) is 0 Å². The molecule has 100 valence electrons. The van der Waals surface area contributed by atoms with Crippen molar-refractivity contribution in [1.82, 2.24) is 9.80 Å². The van der Waals surface area contributed by atoms with Crippen molar-refractivity contribution < 1.29 is 9.66 Å². The predicted molar refractivity (Wildman–Crippen MR) is 69.9 cm³/mol. The molecule has 7 nitrogen and oxygen atoms in total. The van der Waals surface area contributed by atoms with Gasteiger partial charge in [0.25, 0.3) is 6.20 Å². The lowest BCUT2D eigenvalue weighted by molar-refractivity contribution is -0.406. The van der Waals surface area contributed by atoms with Gasteiger partial charge in [-0.25, -0.2) is 0 Å². The van der Waals surface area contributed by atoms with Gasteiger partial charge in [0.05, 0.1) is 11.5 Å². The molecule has 0 aromatic carbocycles. The minimum absolute atomic E-state index is 0.211. The Bertz CT molecular complexity index is 403. The molecule has 1 saturated heterocycles. The fourth-order valence-corrected chi connectivity index (χ4v) is 3.08. The Balaban J connectivity index is 2.02. The molecule has 0 aromatic rings. The summed E-state index contributed by atoms with van der Waals surface area (Å²) < 4.78 is 5.90. The average Bonchev–Trinajstić information content (AvgIpc) is 2.69. The number of nitro groups is 1. The minimum Gasteiger partial charge on any atom is -0.341 e. The largest absolute Gasteiger partial charge is 0.341 e. The molecule has 0 radical (unpaired) electrons. The summed E-state index contributed by atoms with van der Waals surface area (Å²) in [7, 11) is 1.76. The van der Waals surface area contributed by atoms with E-state index in [9.17, 15) is 10.1 Å². The zero-order valence-electron chi connectivity index (χ0n) is 9.78. The normalized spacial score (nSPS) is 26.7. The molecule has 1 fully saturated rings. The maximum absolute atomic E-state index is 10.6. The molecule has 2 aliphatic heterocycles. The molecule has 0 aromatic heterocycles. The number of halogens is 1. The van der Waals surface area contributed by atoms with E-state index in [4.69, 9.17) is 16.3 Å². The van der Waals surface area contributed by atoms with Crippen LogP contribution in [0.25, 0.3) is 0 Å². The first kappa shape index (κ1) is 13.4. The van der Waals surface area contributed by atoms with Gasteiger partial charge in [-0.05, 0) is 0 Å². The van der Waals surface area contributed by atoms with Crippen LogP contribution >= 0.6 is 23.4 Å². The van der Waals surface area contributed by atoms with Crippen molar-refractivity contribution in [3.8, 4) is 0 Å². The van der Waals surface area contributed by atoms with Gasteiger partial charge in [0, 0.05) is 18.8 Å². The van der Waals surface area contributed by atoms with E-state index in [1.54, 1.807) is 11.9 Å². The van der Waals surface area contributed by atoms with Crippen molar-refractivity contribution in [2.75, 3.05) is 33.6 Å². The molecule has 2 heterocycles. The lowest BCUT2D eigenvalue weighted by Gasteiger charge is -2.37. The van der Waals surface area contributed by atoms with Gasteiger partial charge in [0.1, 0.15) is 13.5 Å². The van der Waals surface area contributed by atoms with Crippen molar-refractivity contribution in [2.24, 2.45) is 4.99 Å². The van der Waals surface area contributed by atoms with Crippen molar-refractivity contribution in [2.45, 2.75) is 5.25 Å². The quantitative estimate of drug-likeness (QED) is 0.570. The van der Waals surface area contributed by atoms with E-state index >= 15 is 0 Å². The molecule has 9 heteroatoms. The number of nitrogens with zero attached hydrogens (tertiary/aromatic N) is 4. The van der Waals surface area contributed by atoms with Gasteiger partial charge in [-0.3, -0.25) is 15.1 Å². The van der Waals surface area contributed by atoms with Gasteiger partial charge in [-0.15, -0.1) is 0 Å². The summed E-state index contributed by atoms with van der Waals surface area (Å²) in [5.41, 5.74) is 0. The lowest BCUT2D eigenvalue weighted by atomic mass is 10.3. The molecule has 0 spiro atoms. The topological polar surface area (TPSA) is 71.2 Å². The standard InChI is InChI=1S/C9H13ClN4O3S/c1-12-5-17-6-13(8(12)4-14(15)16)3-7-2-11-9(10)18-7/h4,7H,2-3,5-6H2,1H3/b8-4+. The average molecular weight is 293 g/mol. The van der Waals surface area contributed by atoms with Crippen LogP contribution in [-0.4, -0.2) is 58.1 Å². The van der Waals surface area contributed by atoms with Crippen molar-refractivity contribution >= 4 is 27.9 Å². The van der Waals surface area contributed by atoms with E-state index in [1.807, 2.05) is 4.90 Å². The van der Waals surface area contributed by atoms with E-state index in [2.05, 4.69) is 4.99 Å². The number of rotatable bonds is 3. The third-order valence-corrected chi connectivity index (χ3v) is 3.92. The molecule has 0 aliphatic carbocycles. The fraction of sp³-hybridized carbons (Fsp3) is 0.667. The van der Waals surface area contributed by atoms with Crippen LogP contribution in [0.1, 0.15) is 0 Å². The first-order chi connectivity index (χ1) is 8.56. The highest BCUT2D eigenvalue weighted by Crippen LogP contribution is 2.26. The third-order valence-electron chi connectivity index (χ3n) is 2.58. The highest BCUT2D eigenvalue weighted by Gasteiger charge is 2.27. The molecular weight excluding hydrogens is 280 g/mol. The highest BCUT2D eigenvalue weighted by molar-refractivity contribution is 8.17. The van der Waals surface area contributed by atoms with Crippen LogP contribution < -0.4 is 0 Å². The van der Waals surface area contributed by atoms with Crippen LogP contribution in [0.2, 0.25) is 0 Å². The molecule has 0 N–H and O–H groups in total. The number of ether oxygens (including phenoxy) is 1. The predicted octanol–water partition coefficient (Wildman–Crippen LogP) is 0.951. The maximum atomic E-state index is 10.6. The smallest absolute Gasteiger partial charge is 0.274 e. The Morgan fingerprint density at radius 2 is 2.50 bits per heavy atom. The van der Waals surface area contributed by atoms with E-state index in [0.29, 0.717) is 36.9 Å². The highest BCUT2D eigenvalue weighted by atomic mass is 35.5. The third kappa shape index (κ3) is 3.27. The fourth-order valence-electron chi connectivity index (χ4n) is 1.81. The second kappa shape index (κ2) is 5.77. The molecule has 2 rings (SSSR count). The summed E-state index contributed by atoms with van der Waals surface area (Å²) in [6.45, 7) is 1.95. The van der Waals surface area contributed by atoms with Crippen LogP contribution in [0.15, 0.2) is 17.0 Å². The second-order valence-electron chi connectivity index (χ2n) is 3.99. The monoisotopic (exact) mass is 292 g/mol. The first-order valence-electron chi connectivity index (χ1n) is 5.32. The number of thioether (sulfide) groups is 1. The zero-order valence-corrected chi connectivity index (χ0v) is 11.4. The van der Waals surface area contributed by atoms with Crippen molar-refractivity contribution in [1.29, 1.82) is 0 Å². The number of hydrogen-bond donors (Lipinski definition) is 0. The minimum atomic E-state index is -0.449. The number of hydrogen-bond acceptors (Lipinski definition) is 7. The zero-order chi connectivity index (χ0) is 13.1. The molecule has 1 unspecified atom stereocenters. The summed E-state index contributed by atoms with van der Waals surface area (Å²) in [5.74, 6) is 0.551. The summed E-state index contributed by atoms with van der Waals surface area (Å²) in [6.07, 6.45) is 1.00. The Morgan fingerprint density at radius 1 is 1.72 bits per heavy atom. The van der Waals surface area contributed by atoms with E-state index in [1.165, 1.54) is 11.8 Å². The van der Waals surface area contributed by atoms with Crippen LogP contribution in [0, 0.1) is 10.1 Å². The van der Waals surface area contributed by atoms with E-state index in [-0.39, 0.29) is 5.25 Å². The summed E-state index contributed by atoms with van der Waals surface area (Å²) in [4.78, 5) is 17.8. The maximum Gasteiger partial charge on any atom is 0.274 e. The first-order valence-corrected chi connectivity index (χ1v) is 6.58. The van der Waals surface area contributed by atoms with Gasteiger partial charge in [0.2, 0.25) is 0 Å². The summed E-state index contributed by atoms with van der Waals surface area (Å²) >= 11 is 7.29. The second-order valence-corrected chi connectivity index (χ2v) is 5.86. The van der Waals surface area contributed by atoms with Crippen molar-refractivity contribution in [3.05, 3.63) is 22.1 Å². The Hall–Kier alpha value is -0.990. The molecule has 2 aliphatic rings. The Kier molecular flexibility index (Phi) is 4.31. The van der Waals surface area contributed by atoms with E-state index < -0.39 is 4.92 Å². The Morgan fingerprint density at radius 3 is 3.11 bits per heavy atom. The lowest BCUT2D eigenvalue weighted by Crippen LogP contribution is -2.45. The van der Waals surface area contributed by atoms with Gasteiger partial charge in [-0.1, -0.05) is 23.4 Å². The summed E-state index contributed by atoms with van der Waals surface area (Å²) in [5, 5.41) is 10.8. The van der Waals surface area contributed by atoms with E-state index in [0.717, 1.165) is 6.20 Å². The Labute approximate surface area is 114 Å².